The quantitative estimate of drug-likeness (QED) is 0.799. The Morgan fingerprint density at radius 2 is 1.96 bits per heavy atom. The van der Waals surface area contributed by atoms with Crippen LogP contribution in [0.5, 0.6) is 0 Å². The first-order valence-corrected chi connectivity index (χ1v) is 9.54. The van der Waals surface area contributed by atoms with Gasteiger partial charge in [-0.1, -0.05) is 29.3 Å². The molecule has 4 rings (SSSR count). The Hall–Kier alpha value is -2.29. The number of fused-ring (bicyclic) bond motifs is 3. The number of nitrogens with zero attached hydrogens (tertiary/aromatic N) is 5. The predicted molar refractivity (Wildman–Crippen MR) is 105 cm³/mol. The molecule has 3 aliphatic heterocycles. The minimum absolute atomic E-state index is 0.0444. The third kappa shape index (κ3) is 2.83. The number of hydrogen-bond donors (Lipinski definition) is 1. The average molecular weight is 424 g/mol. The molecular formula is C18H19Cl2N5O3. The van der Waals surface area contributed by atoms with Crippen LogP contribution in [0.1, 0.15) is 12.5 Å². The van der Waals surface area contributed by atoms with E-state index in [1.165, 1.54) is 9.80 Å². The maximum atomic E-state index is 13.3. The van der Waals surface area contributed by atoms with Gasteiger partial charge in [-0.05, 0) is 24.6 Å². The minimum Gasteiger partial charge on any atom is -0.395 e. The molecule has 3 aliphatic rings. The van der Waals surface area contributed by atoms with Crippen LogP contribution in [0.25, 0.3) is 0 Å². The van der Waals surface area contributed by atoms with Gasteiger partial charge in [0.2, 0.25) is 5.96 Å². The molecular weight excluding hydrogens is 405 g/mol. The summed E-state index contributed by atoms with van der Waals surface area (Å²) in [4.78, 5) is 37.0. The Balaban J connectivity index is 1.64. The summed E-state index contributed by atoms with van der Waals surface area (Å²) >= 11 is 12.2. The van der Waals surface area contributed by atoms with E-state index in [1.54, 1.807) is 30.1 Å². The fraction of sp³-hybridized carbons (Fsp3) is 0.389. The summed E-state index contributed by atoms with van der Waals surface area (Å²) in [6.07, 6.45) is 1.21. The second-order valence-corrected chi connectivity index (χ2v) is 7.74. The summed E-state index contributed by atoms with van der Waals surface area (Å²) in [5.74, 6) is 0.230. The highest BCUT2D eigenvalue weighted by Gasteiger charge is 2.54. The number of likely N-dealkylation sites (N-methyl/N-ethyl adjacent to an activating group) is 1. The molecule has 148 valence electrons. The van der Waals surface area contributed by atoms with Gasteiger partial charge < -0.3 is 19.8 Å². The Labute approximate surface area is 172 Å². The zero-order chi connectivity index (χ0) is 20.2. The number of imide groups is 1. The van der Waals surface area contributed by atoms with Crippen LogP contribution in [-0.4, -0.2) is 75.0 Å². The summed E-state index contributed by atoms with van der Waals surface area (Å²) in [6.45, 7) is 2.26. The van der Waals surface area contributed by atoms with Crippen molar-refractivity contribution in [1.29, 1.82) is 0 Å². The van der Waals surface area contributed by atoms with Gasteiger partial charge in [-0.15, -0.1) is 0 Å². The molecule has 3 heterocycles. The number of hydrogen-bond acceptors (Lipinski definition) is 6. The standard InChI is InChI=1S/C18H19Cl2N5O3/c1-10-8-24-14-15(21-17(24)23(10)5-6-26)22(2)18(28)25(16(14)27)9-11-3-4-12(19)7-13(11)20/h3-4,7-8,14-15,26H,5-6,9H2,1-2H3. The van der Waals surface area contributed by atoms with Crippen LogP contribution in [-0.2, 0) is 11.3 Å². The molecule has 1 saturated heterocycles. The van der Waals surface area contributed by atoms with E-state index < -0.39 is 18.2 Å². The van der Waals surface area contributed by atoms with Crippen LogP contribution >= 0.6 is 23.2 Å². The zero-order valence-electron chi connectivity index (χ0n) is 15.3. The molecule has 2 atom stereocenters. The lowest BCUT2D eigenvalue weighted by atomic mass is 10.1. The van der Waals surface area contributed by atoms with Crippen molar-refractivity contribution in [3.63, 3.8) is 0 Å². The number of rotatable bonds is 4. The SMILES string of the molecule is CC1=CN2C(=NC3C2C(=O)N(Cc2ccc(Cl)cc2Cl)C(=O)N3C)N1CCO. The largest absolute Gasteiger partial charge is 0.395 e. The smallest absolute Gasteiger partial charge is 0.328 e. The molecule has 1 N–H and O–H groups in total. The number of halogens is 2. The molecule has 0 bridgehead atoms. The maximum Gasteiger partial charge on any atom is 0.328 e. The summed E-state index contributed by atoms with van der Waals surface area (Å²) in [5.41, 5.74) is 1.51. The number of carbonyl (C=O) groups is 2. The van der Waals surface area contributed by atoms with Crippen molar-refractivity contribution < 1.29 is 14.7 Å². The lowest BCUT2D eigenvalue weighted by Gasteiger charge is -2.40. The second kappa shape index (κ2) is 6.95. The minimum atomic E-state index is -0.651. The first-order chi connectivity index (χ1) is 13.3. The van der Waals surface area contributed by atoms with Crippen molar-refractivity contribution in [1.82, 2.24) is 19.6 Å². The van der Waals surface area contributed by atoms with Gasteiger partial charge in [-0.2, -0.15) is 0 Å². The average Bonchev–Trinajstić information content (AvgIpc) is 3.15. The summed E-state index contributed by atoms with van der Waals surface area (Å²) in [5, 5.41) is 10.2. The number of aliphatic hydroxyl groups is 1. The topological polar surface area (TPSA) is 79.7 Å². The molecule has 0 spiro atoms. The van der Waals surface area contributed by atoms with Crippen molar-refractivity contribution >= 4 is 41.1 Å². The van der Waals surface area contributed by atoms with Crippen molar-refractivity contribution in [2.45, 2.75) is 25.7 Å². The number of aliphatic imine (C=N–C) groups is 1. The van der Waals surface area contributed by atoms with E-state index >= 15 is 0 Å². The van der Waals surface area contributed by atoms with E-state index in [4.69, 9.17) is 23.2 Å². The van der Waals surface area contributed by atoms with Gasteiger partial charge in [0.05, 0.1) is 13.2 Å². The Kier molecular flexibility index (Phi) is 4.73. The summed E-state index contributed by atoms with van der Waals surface area (Å²) in [6, 6.07) is 3.88. The Morgan fingerprint density at radius 3 is 2.64 bits per heavy atom. The number of β-amino-alcohol motifs (C(OH)–C–C–N with tert-alkyl or cyclic N) is 1. The highest BCUT2D eigenvalue weighted by atomic mass is 35.5. The fourth-order valence-electron chi connectivity index (χ4n) is 3.74. The van der Waals surface area contributed by atoms with Crippen molar-refractivity contribution in [2.75, 3.05) is 20.2 Å². The second-order valence-electron chi connectivity index (χ2n) is 6.89. The van der Waals surface area contributed by atoms with Crippen molar-refractivity contribution in [3.05, 3.63) is 45.7 Å². The van der Waals surface area contributed by atoms with Crippen molar-refractivity contribution in [2.24, 2.45) is 4.99 Å². The fourth-order valence-corrected chi connectivity index (χ4v) is 4.21. The molecule has 1 aromatic carbocycles. The normalized spacial score (nSPS) is 23.9. The molecule has 28 heavy (non-hydrogen) atoms. The van der Waals surface area contributed by atoms with E-state index in [0.717, 1.165) is 5.70 Å². The molecule has 0 aromatic heterocycles. The van der Waals surface area contributed by atoms with Crippen LogP contribution < -0.4 is 0 Å². The molecule has 0 saturated carbocycles. The van der Waals surface area contributed by atoms with Gasteiger partial charge in [0.25, 0.3) is 5.91 Å². The summed E-state index contributed by atoms with van der Waals surface area (Å²) < 4.78 is 0. The number of benzene rings is 1. The van der Waals surface area contributed by atoms with Gasteiger partial charge in [-0.3, -0.25) is 9.69 Å². The van der Waals surface area contributed by atoms with E-state index in [-0.39, 0.29) is 19.1 Å². The Bertz CT molecular complexity index is 918. The highest BCUT2D eigenvalue weighted by molar-refractivity contribution is 6.35. The van der Waals surface area contributed by atoms with Gasteiger partial charge >= 0.3 is 6.03 Å². The lowest BCUT2D eigenvalue weighted by Crippen LogP contribution is -2.63. The van der Waals surface area contributed by atoms with Crippen LogP contribution in [0, 0.1) is 0 Å². The number of urea groups is 1. The number of guanidine groups is 1. The highest BCUT2D eigenvalue weighted by Crippen LogP contribution is 2.34. The van der Waals surface area contributed by atoms with Gasteiger partial charge in [0.15, 0.2) is 12.2 Å². The maximum absolute atomic E-state index is 13.3. The first kappa shape index (κ1) is 19.0. The van der Waals surface area contributed by atoms with E-state index in [0.29, 0.717) is 28.1 Å². The van der Waals surface area contributed by atoms with Crippen LogP contribution in [0.4, 0.5) is 4.79 Å². The first-order valence-electron chi connectivity index (χ1n) is 8.78. The number of amides is 3. The van der Waals surface area contributed by atoms with Crippen LogP contribution in [0.3, 0.4) is 0 Å². The molecule has 0 aliphatic carbocycles. The monoisotopic (exact) mass is 423 g/mol. The van der Waals surface area contributed by atoms with E-state index in [2.05, 4.69) is 4.99 Å². The van der Waals surface area contributed by atoms with E-state index in [9.17, 15) is 14.7 Å². The third-order valence-corrected chi connectivity index (χ3v) is 5.76. The Morgan fingerprint density at radius 1 is 1.21 bits per heavy atom. The summed E-state index contributed by atoms with van der Waals surface area (Å²) in [7, 11) is 1.63. The molecule has 3 amide bonds. The zero-order valence-corrected chi connectivity index (χ0v) is 16.9. The number of aliphatic hydroxyl groups excluding tert-OH is 1. The van der Waals surface area contributed by atoms with E-state index in [1.807, 2.05) is 18.0 Å². The van der Waals surface area contributed by atoms with Crippen LogP contribution in [0.15, 0.2) is 35.1 Å². The van der Waals surface area contributed by atoms with Gasteiger partial charge in [0, 0.05) is 35.5 Å². The predicted octanol–water partition coefficient (Wildman–Crippen LogP) is 1.92. The molecule has 10 heteroatoms. The van der Waals surface area contributed by atoms with Gasteiger partial charge in [-0.25, -0.2) is 9.79 Å². The third-order valence-electron chi connectivity index (χ3n) is 5.17. The lowest BCUT2D eigenvalue weighted by molar-refractivity contribution is -0.137. The molecule has 1 aromatic rings. The molecule has 0 radical (unpaired) electrons. The number of allylic oxidation sites excluding steroid dienone is 1. The molecule has 1 fully saturated rings. The molecule has 8 nitrogen and oxygen atoms in total. The van der Waals surface area contributed by atoms with Crippen LogP contribution in [0.2, 0.25) is 10.0 Å². The number of carbonyl (C=O) groups excluding carboxylic acids is 2. The molecule has 2 unspecified atom stereocenters. The van der Waals surface area contributed by atoms with Gasteiger partial charge in [0.1, 0.15) is 0 Å². The van der Waals surface area contributed by atoms with Crippen molar-refractivity contribution in [3.8, 4) is 0 Å².